The predicted octanol–water partition coefficient (Wildman–Crippen LogP) is 4.31. The van der Waals surface area contributed by atoms with Crippen molar-refractivity contribution < 1.29 is 54.6 Å². The number of halogens is 4. The summed E-state index contributed by atoms with van der Waals surface area (Å²) in [7, 11) is -2.36. The lowest BCUT2D eigenvalue weighted by Crippen LogP contribution is -2.58. The average molecular weight is 856 g/mol. The van der Waals surface area contributed by atoms with Crippen molar-refractivity contribution in [3.05, 3.63) is 72.3 Å². The maximum absolute atomic E-state index is 14.6. The van der Waals surface area contributed by atoms with E-state index in [1.807, 2.05) is 6.08 Å². The summed E-state index contributed by atoms with van der Waals surface area (Å²) in [6, 6.07) is 6.11. The molecule has 3 fully saturated rings. The van der Waals surface area contributed by atoms with Gasteiger partial charge in [0.05, 0.1) is 17.3 Å². The van der Waals surface area contributed by atoms with Crippen LogP contribution in [-0.4, -0.2) is 93.6 Å². The number of alkyl halides is 3. The summed E-state index contributed by atoms with van der Waals surface area (Å²) in [5.41, 5.74) is -1.53. The zero-order chi connectivity index (χ0) is 42.6. The molecule has 3 N–H and O–H groups in total. The Morgan fingerprint density at radius 1 is 1.00 bits per heavy atom. The zero-order valence-corrected chi connectivity index (χ0v) is 33.0. The van der Waals surface area contributed by atoms with E-state index >= 15 is 0 Å². The van der Waals surface area contributed by atoms with Crippen LogP contribution in [0.1, 0.15) is 68.3 Å². The number of sulfonamides is 1. The van der Waals surface area contributed by atoms with Crippen LogP contribution in [-0.2, 0) is 31.5 Å². The fourth-order valence-corrected chi connectivity index (χ4v) is 9.35. The molecule has 20 heteroatoms. The lowest BCUT2D eigenvalue weighted by Gasteiger charge is -2.29. The number of allylic oxidation sites excluding steroid dienone is 1. The SMILES string of the molecule is Cn1ccc(C(=O)N[C@H]2CCCCC/C=C\[C@@H]3C[C@@]3(C(=O)NS(=O)(=O)C3CC3)NC(=O)[C@@H]3C[C@@H](Oc4nc5cc(F)ccc5c5cc(OC(F)(F)F)ccc45)CN3C2=O)n1. The van der Waals surface area contributed by atoms with Crippen molar-refractivity contribution in [2.45, 2.75) is 93.1 Å². The summed E-state index contributed by atoms with van der Waals surface area (Å²) < 4.78 is 94.0. The highest BCUT2D eigenvalue weighted by Gasteiger charge is 2.62. The molecule has 2 aliphatic heterocycles. The molecule has 0 spiro atoms. The van der Waals surface area contributed by atoms with Crippen molar-refractivity contribution in [3.8, 4) is 11.6 Å². The lowest BCUT2D eigenvalue weighted by atomic mass is 10.0. The summed E-state index contributed by atoms with van der Waals surface area (Å²) in [4.78, 5) is 62.0. The molecule has 2 saturated carbocycles. The number of rotatable bonds is 8. The minimum absolute atomic E-state index is 0.0440. The molecule has 2 aromatic heterocycles. The number of nitrogens with zero attached hydrogens (tertiary/aromatic N) is 4. The van der Waals surface area contributed by atoms with Crippen molar-refractivity contribution in [1.29, 1.82) is 0 Å². The molecule has 318 valence electrons. The van der Waals surface area contributed by atoms with E-state index in [9.17, 15) is 45.2 Å². The number of aromatic nitrogens is 3. The van der Waals surface area contributed by atoms with Gasteiger partial charge in [-0.05, 0) is 74.9 Å². The Bertz CT molecular complexity index is 2530. The minimum atomic E-state index is -5.00. The summed E-state index contributed by atoms with van der Waals surface area (Å²) in [6.45, 7) is -0.245. The van der Waals surface area contributed by atoms with Crippen LogP contribution in [0.4, 0.5) is 17.6 Å². The first-order valence-corrected chi connectivity index (χ1v) is 21.2. The fraction of sp³-hybridized carbons (Fsp3) is 0.450. The lowest BCUT2D eigenvalue weighted by molar-refractivity contribution is -0.274. The van der Waals surface area contributed by atoms with Crippen molar-refractivity contribution in [3.63, 3.8) is 0 Å². The van der Waals surface area contributed by atoms with Gasteiger partial charge < -0.3 is 25.0 Å². The Morgan fingerprint density at radius 3 is 2.52 bits per heavy atom. The highest BCUT2D eigenvalue weighted by molar-refractivity contribution is 7.91. The third kappa shape index (κ3) is 8.60. The second-order valence-electron chi connectivity index (χ2n) is 15.7. The van der Waals surface area contributed by atoms with Crippen LogP contribution in [0.25, 0.3) is 21.7 Å². The first-order valence-electron chi connectivity index (χ1n) is 19.6. The van der Waals surface area contributed by atoms with Gasteiger partial charge in [-0.25, -0.2) is 17.8 Å². The van der Waals surface area contributed by atoms with E-state index in [4.69, 9.17) is 4.74 Å². The molecular formula is C40H41F4N7O8S. The van der Waals surface area contributed by atoms with Crippen molar-refractivity contribution in [2.75, 3.05) is 6.54 Å². The van der Waals surface area contributed by atoms with Gasteiger partial charge in [-0.1, -0.05) is 25.0 Å². The van der Waals surface area contributed by atoms with Gasteiger partial charge >= 0.3 is 6.36 Å². The molecule has 2 aromatic carbocycles. The Labute approximate surface area is 340 Å². The molecule has 8 rings (SSSR count). The second-order valence-corrected chi connectivity index (χ2v) is 17.7. The summed E-state index contributed by atoms with van der Waals surface area (Å²) in [6.07, 6.45) is 2.70. The molecule has 4 amide bonds. The van der Waals surface area contributed by atoms with Gasteiger partial charge in [-0.2, -0.15) is 5.10 Å². The summed E-state index contributed by atoms with van der Waals surface area (Å²) in [5, 5.41) is 9.71. The van der Waals surface area contributed by atoms with Crippen molar-refractivity contribution in [1.82, 2.24) is 35.0 Å². The maximum Gasteiger partial charge on any atom is 0.573 e. The first-order chi connectivity index (χ1) is 28.5. The van der Waals surface area contributed by atoms with Crippen LogP contribution in [0.5, 0.6) is 11.6 Å². The number of hydrogen-bond donors (Lipinski definition) is 3. The van der Waals surface area contributed by atoms with Gasteiger partial charge in [0.1, 0.15) is 41.0 Å². The largest absolute Gasteiger partial charge is 0.573 e. The Kier molecular flexibility index (Phi) is 10.7. The predicted molar refractivity (Wildman–Crippen MR) is 206 cm³/mol. The molecule has 4 aromatic rings. The molecule has 0 radical (unpaired) electrons. The monoisotopic (exact) mass is 855 g/mol. The van der Waals surface area contributed by atoms with Gasteiger partial charge in [0.25, 0.3) is 11.8 Å². The molecule has 4 heterocycles. The first kappa shape index (κ1) is 41.0. The number of hydrogen-bond acceptors (Lipinski definition) is 10. The van der Waals surface area contributed by atoms with E-state index in [0.29, 0.717) is 43.9 Å². The zero-order valence-electron chi connectivity index (χ0n) is 32.2. The molecule has 60 heavy (non-hydrogen) atoms. The molecule has 0 bridgehead atoms. The maximum atomic E-state index is 14.6. The molecular weight excluding hydrogens is 815 g/mol. The van der Waals surface area contributed by atoms with Gasteiger partial charge in [0, 0.05) is 47.8 Å². The van der Waals surface area contributed by atoms with Crippen molar-refractivity contribution >= 4 is 55.3 Å². The van der Waals surface area contributed by atoms with E-state index in [1.54, 1.807) is 19.3 Å². The Morgan fingerprint density at radius 2 is 1.78 bits per heavy atom. The number of ether oxygens (including phenoxy) is 2. The van der Waals surface area contributed by atoms with Crippen LogP contribution in [0.15, 0.2) is 60.8 Å². The van der Waals surface area contributed by atoms with Crippen LogP contribution >= 0.6 is 0 Å². The number of carbonyl (C=O) groups excluding carboxylic acids is 4. The molecule has 5 atom stereocenters. The van der Waals surface area contributed by atoms with E-state index in [1.165, 1.54) is 27.8 Å². The van der Waals surface area contributed by atoms with Crippen LogP contribution in [0, 0.1) is 11.7 Å². The number of aryl methyl sites for hydroxylation is 1. The Balaban J connectivity index is 1.14. The molecule has 15 nitrogen and oxygen atoms in total. The van der Waals surface area contributed by atoms with E-state index in [0.717, 1.165) is 24.3 Å². The quantitative estimate of drug-likeness (QED) is 0.131. The fourth-order valence-electron chi connectivity index (χ4n) is 7.99. The van der Waals surface area contributed by atoms with E-state index in [2.05, 4.69) is 30.2 Å². The van der Waals surface area contributed by atoms with Gasteiger partial charge in [-0.15, -0.1) is 13.2 Å². The van der Waals surface area contributed by atoms with Gasteiger partial charge in [-0.3, -0.25) is 28.6 Å². The van der Waals surface area contributed by atoms with Crippen LogP contribution in [0.3, 0.4) is 0 Å². The number of amides is 4. The number of fused-ring (bicyclic) bond motifs is 5. The molecule has 1 saturated heterocycles. The molecule has 2 aliphatic carbocycles. The number of nitrogens with one attached hydrogen (secondary N) is 3. The highest BCUT2D eigenvalue weighted by atomic mass is 32.2. The molecule has 0 unspecified atom stereocenters. The number of carbonyl (C=O) groups is 4. The summed E-state index contributed by atoms with van der Waals surface area (Å²) in [5.74, 6) is -4.80. The van der Waals surface area contributed by atoms with E-state index in [-0.39, 0.29) is 53.7 Å². The minimum Gasteiger partial charge on any atom is -0.472 e. The number of pyridine rings is 1. The number of benzene rings is 2. The standard InChI is InChI=1S/C40H41F4N7O8S/c1-50-16-15-30(48-50)34(52)45-31-8-6-4-2-3-5-7-22-20-39(22,38(55)49-60(56,57)26-11-12-26)47-35(53)33-19-25(21-51(33)37(31)54)58-36-28-14-10-24(59-40(42,43)44)18-29(28)27-13-9-23(41)17-32(27)46-36/h5,7,9-10,13-18,22,25-26,31,33H,2-4,6,8,11-12,19-21H2,1H3,(H,45,52)(H,47,53)(H,49,55)/b7-5-/t22-,25-,31+,33+,39-/m1/s1. The smallest absolute Gasteiger partial charge is 0.472 e. The Hall–Kier alpha value is -5.79. The third-order valence-corrected chi connectivity index (χ3v) is 13.1. The third-order valence-electron chi connectivity index (χ3n) is 11.3. The van der Waals surface area contributed by atoms with Crippen molar-refractivity contribution in [2.24, 2.45) is 13.0 Å². The van der Waals surface area contributed by atoms with Gasteiger partial charge in [0.15, 0.2) is 0 Å². The highest BCUT2D eigenvalue weighted by Crippen LogP contribution is 2.46. The topological polar surface area (TPSA) is 191 Å². The second kappa shape index (κ2) is 15.7. The van der Waals surface area contributed by atoms with Gasteiger partial charge in [0.2, 0.25) is 27.7 Å². The van der Waals surface area contributed by atoms with E-state index < -0.39 is 86.5 Å². The molecule has 4 aliphatic rings. The summed E-state index contributed by atoms with van der Waals surface area (Å²) >= 11 is 0. The van der Waals surface area contributed by atoms with Crippen LogP contribution < -0.4 is 24.8 Å². The normalized spacial score (nSPS) is 25.6. The average Bonchev–Trinajstić information content (AvgIpc) is 4.07. The van der Waals surface area contributed by atoms with Crippen LogP contribution in [0.2, 0.25) is 0 Å².